The Hall–Kier alpha value is -0.780. The third kappa shape index (κ3) is 2.37. The Labute approximate surface area is 66.9 Å². The summed E-state index contributed by atoms with van der Waals surface area (Å²) in [7, 11) is 0. The van der Waals surface area contributed by atoms with Crippen LogP contribution in [-0.4, -0.2) is 25.2 Å². The molecule has 0 spiro atoms. The zero-order chi connectivity index (χ0) is 9.19. The molecule has 0 bridgehead atoms. The molecule has 0 aromatic carbocycles. The van der Waals surface area contributed by atoms with Gasteiger partial charge in [0.2, 0.25) is 0 Å². The molecule has 6 heteroatoms. The number of halogens is 3. The van der Waals surface area contributed by atoms with E-state index in [0.717, 1.165) is 0 Å². The standard InChI is InChI=1S/C6H7F3NO2/c7-6(8,9)5(11)10-3-4-1-2-12-4/h1-3H2,(H,10,11). The predicted molar refractivity (Wildman–Crippen MR) is 32.9 cm³/mol. The van der Waals surface area contributed by atoms with Gasteiger partial charge < -0.3 is 10.1 Å². The molecular formula is C6H7F3NO2. The van der Waals surface area contributed by atoms with Gasteiger partial charge in [0, 0.05) is 13.0 Å². The molecule has 3 nitrogen and oxygen atoms in total. The summed E-state index contributed by atoms with van der Waals surface area (Å²) in [5.74, 6) is -1.93. The molecule has 0 saturated carbocycles. The van der Waals surface area contributed by atoms with Crippen LogP contribution in [0, 0.1) is 6.10 Å². The van der Waals surface area contributed by atoms with Gasteiger partial charge in [0.15, 0.2) is 0 Å². The maximum Gasteiger partial charge on any atom is 0.471 e. The Morgan fingerprint density at radius 1 is 1.58 bits per heavy atom. The first-order valence-electron chi connectivity index (χ1n) is 3.32. The highest BCUT2D eigenvalue weighted by Crippen LogP contribution is 2.19. The van der Waals surface area contributed by atoms with E-state index in [0.29, 0.717) is 19.1 Å². The minimum Gasteiger partial charge on any atom is -0.370 e. The van der Waals surface area contributed by atoms with Crippen LogP contribution in [0.3, 0.4) is 0 Å². The first-order chi connectivity index (χ1) is 5.50. The maximum atomic E-state index is 11.6. The van der Waals surface area contributed by atoms with Gasteiger partial charge in [-0.3, -0.25) is 4.79 Å². The second-order valence-corrected chi connectivity index (χ2v) is 2.32. The topological polar surface area (TPSA) is 38.3 Å². The Kier molecular flexibility index (Phi) is 2.56. The summed E-state index contributed by atoms with van der Waals surface area (Å²) in [5, 5.41) is 1.70. The van der Waals surface area contributed by atoms with Gasteiger partial charge >= 0.3 is 12.1 Å². The second-order valence-electron chi connectivity index (χ2n) is 2.32. The van der Waals surface area contributed by atoms with Gasteiger partial charge in [-0.1, -0.05) is 0 Å². The summed E-state index contributed by atoms with van der Waals surface area (Å²) in [6, 6.07) is 0. The summed E-state index contributed by atoms with van der Waals surface area (Å²) >= 11 is 0. The fraction of sp³-hybridized carbons (Fsp3) is 0.667. The van der Waals surface area contributed by atoms with Gasteiger partial charge in [-0.05, 0) is 0 Å². The van der Waals surface area contributed by atoms with E-state index in [1.807, 2.05) is 0 Å². The van der Waals surface area contributed by atoms with Crippen molar-refractivity contribution in [1.29, 1.82) is 0 Å². The third-order valence-electron chi connectivity index (χ3n) is 1.39. The molecule has 1 saturated heterocycles. The zero-order valence-corrected chi connectivity index (χ0v) is 6.07. The van der Waals surface area contributed by atoms with Crippen LogP contribution < -0.4 is 5.32 Å². The Balaban J connectivity index is 2.17. The van der Waals surface area contributed by atoms with E-state index in [-0.39, 0.29) is 6.54 Å². The molecule has 12 heavy (non-hydrogen) atoms. The molecule has 1 fully saturated rings. The van der Waals surface area contributed by atoms with Crippen molar-refractivity contribution in [2.24, 2.45) is 0 Å². The van der Waals surface area contributed by atoms with E-state index in [2.05, 4.69) is 0 Å². The monoisotopic (exact) mass is 182 g/mol. The second kappa shape index (κ2) is 3.30. The number of carbonyl (C=O) groups is 1. The minimum absolute atomic E-state index is 0.141. The van der Waals surface area contributed by atoms with Gasteiger partial charge in [-0.25, -0.2) is 0 Å². The van der Waals surface area contributed by atoms with Crippen LogP contribution in [0.5, 0.6) is 0 Å². The van der Waals surface area contributed by atoms with Crippen LogP contribution in [0.15, 0.2) is 0 Å². The van der Waals surface area contributed by atoms with Crippen LogP contribution in [0.4, 0.5) is 13.2 Å². The molecule has 1 radical (unpaired) electrons. The number of amides is 1. The number of ether oxygens (including phenoxy) is 1. The normalized spacial score (nSPS) is 18.6. The van der Waals surface area contributed by atoms with E-state index in [9.17, 15) is 18.0 Å². The average Bonchev–Trinajstić information content (AvgIpc) is 1.81. The lowest BCUT2D eigenvalue weighted by atomic mass is 10.2. The molecule has 0 aliphatic carbocycles. The minimum atomic E-state index is -4.80. The Morgan fingerprint density at radius 2 is 2.17 bits per heavy atom. The number of rotatable bonds is 2. The van der Waals surface area contributed by atoms with E-state index in [4.69, 9.17) is 4.74 Å². The van der Waals surface area contributed by atoms with Crippen molar-refractivity contribution < 1.29 is 22.7 Å². The number of hydrogen-bond donors (Lipinski definition) is 1. The zero-order valence-electron chi connectivity index (χ0n) is 6.07. The molecule has 1 heterocycles. The van der Waals surface area contributed by atoms with Crippen molar-refractivity contribution in [1.82, 2.24) is 5.32 Å². The maximum absolute atomic E-state index is 11.6. The lowest BCUT2D eigenvalue weighted by Crippen LogP contribution is -2.41. The molecule has 1 rings (SSSR count). The molecular weight excluding hydrogens is 175 g/mol. The highest BCUT2D eigenvalue weighted by Gasteiger charge is 2.39. The van der Waals surface area contributed by atoms with Crippen LogP contribution in [0.2, 0.25) is 0 Å². The number of hydrogen-bond acceptors (Lipinski definition) is 2. The summed E-state index contributed by atoms with van der Waals surface area (Å²) in [6.45, 7) is 0.384. The van der Waals surface area contributed by atoms with Crippen molar-refractivity contribution in [2.45, 2.75) is 12.6 Å². The molecule has 0 aromatic rings. The van der Waals surface area contributed by atoms with Crippen LogP contribution in [0.25, 0.3) is 0 Å². The smallest absolute Gasteiger partial charge is 0.370 e. The van der Waals surface area contributed by atoms with E-state index < -0.39 is 12.1 Å². The molecule has 69 valence electrons. The van der Waals surface area contributed by atoms with Crippen molar-refractivity contribution >= 4 is 5.91 Å². The average molecular weight is 182 g/mol. The van der Waals surface area contributed by atoms with E-state index in [1.165, 1.54) is 0 Å². The van der Waals surface area contributed by atoms with Crippen LogP contribution in [0.1, 0.15) is 6.42 Å². The first kappa shape index (κ1) is 9.31. The highest BCUT2D eigenvalue weighted by atomic mass is 19.4. The molecule has 1 N–H and O–H groups in total. The van der Waals surface area contributed by atoms with Gasteiger partial charge in [-0.15, -0.1) is 0 Å². The largest absolute Gasteiger partial charge is 0.471 e. The number of carbonyl (C=O) groups excluding carboxylic acids is 1. The molecule has 0 atom stereocenters. The molecule has 1 aliphatic rings. The van der Waals surface area contributed by atoms with Gasteiger partial charge in [0.1, 0.15) is 6.10 Å². The number of alkyl halides is 3. The van der Waals surface area contributed by atoms with Crippen LogP contribution >= 0.6 is 0 Å². The third-order valence-corrected chi connectivity index (χ3v) is 1.39. The van der Waals surface area contributed by atoms with Crippen molar-refractivity contribution in [2.75, 3.05) is 13.2 Å². The highest BCUT2D eigenvalue weighted by molar-refractivity contribution is 5.81. The fourth-order valence-corrected chi connectivity index (χ4v) is 0.665. The fourth-order valence-electron chi connectivity index (χ4n) is 0.665. The SMILES string of the molecule is O=C(NC[C]1CCO1)C(F)(F)F. The van der Waals surface area contributed by atoms with Crippen molar-refractivity contribution in [3.8, 4) is 0 Å². The quantitative estimate of drug-likeness (QED) is 0.679. The summed E-state index contributed by atoms with van der Waals surface area (Å²) < 4.78 is 39.4. The summed E-state index contributed by atoms with van der Waals surface area (Å²) in [5.41, 5.74) is 0. The van der Waals surface area contributed by atoms with E-state index >= 15 is 0 Å². The lowest BCUT2D eigenvalue weighted by molar-refractivity contribution is -0.173. The first-order valence-corrected chi connectivity index (χ1v) is 3.32. The summed E-state index contributed by atoms with van der Waals surface area (Å²) in [6.07, 6.45) is -3.68. The predicted octanol–water partition coefficient (Wildman–Crippen LogP) is 0.617. The van der Waals surface area contributed by atoms with Gasteiger partial charge in [0.25, 0.3) is 0 Å². The van der Waals surface area contributed by atoms with Crippen LogP contribution in [-0.2, 0) is 9.53 Å². The molecule has 0 unspecified atom stereocenters. The number of nitrogens with one attached hydrogen (secondary N) is 1. The Bertz CT molecular complexity index is 176. The summed E-state index contributed by atoms with van der Waals surface area (Å²) in [4.78, 5) is 10.2. The van der Waals surface area contributed by atoms with Gasteiger partial charge in [-0.2, -0.15) is 13.2 Å². The lowest BCUT2D eigenvalue weighted by Gasteiger charge is -2.25. The van der Waals surface area contributed by atoms with Gasteiger partial charge in [0.05, 0.1) is 6.61 Å². The molecule has 0 aromatic heterocycles. The van der Waals surface area contributed by atoms with Crippen molar-refractivity contribution in [3.63, 3.8) is 0 Å². The molecule has 1 amide bonds. The Morgan fingerprint density at radius 3 is 2.50 bits per heavy atom. The van der Waals surface area contributed by atoms with E-state index in [1.54, 1.807) is 5.32 Å². The van der Waals surface area contributed by atoms with Crippen molar-refractivity contribution in [3.05, 3.63) is 6.10 Å². The molecule has 1 aliphatic heterocycles.